The second-order valence-electron chi connectivity index (χ2n) is 8.86. The van der Waals surface area contributed by atoms with Crippen LogP contribution in [0.5, 0.6) is 0 Å². The number of carbonyl (C=O) groups is 2. The van der Waals surface area contributed by atoms with Gasteiger partial charge in [-0.15, -0.1) is 12.4 Å². The summed E-state index contributed by atoms with van der Waals surface area (Å²) in [6.45, 7) is 6.24. The van der Waals surface area contributed by atoms with Crippen molar-refractivity contribution in [2.45, 2.75) is 44.6 Å². The van der Waals surface area contributed by atoms with Crippen molar-refractivity contribution in [3.05, 3.63) is 69.7 Å². The fraction of sp³-hybridized carbons (Fsp3) is 0.462. The molecule has 11 heteroatoms. The zero-order valence-electron chi connectivity index (χ0n) is 20.9. The van der Waals surface area contributed by atoms with Gasteiger partial charge in [0.15, 0.2) is 6.23 Å². The number of carbonyl (C=O) groups excluding carboxylic acids is 2. The number of benzene rings is 2. The number of hydrogen-bond donors (Lipinski definition) is 1. The quantitative estimate of drug-likeness (QED) is 0.544. The molecule has 0 radical (unpaired) electrons. The minimum absolute atomic E-state index is 0. The molecule has 0 aromatic heterocycles. The molecule has 2 unspecified atom stereocenters. The smallest absolute Gasteiger partial charge is 0.407 e. The Morgan fingerprint density at radius 3 is 2.38 bits per heavy atom. The van der Waals surface area contributed by atoms with Gasteiger partial charge in [-0.2, -0.15) is 0 Å². The van der Waals surface area contributed by atoms with Crippen LogP contribution in [0.25, 0.3) is 0 Å². The van der Waals surface area contributed by atoms with E-state index in [-0.39, 0.29) is 29.9 Å². The zero-order chi connectivity index (χ0) is 25.0. The van der Waals surface area contributed by atoms with E-state index < -0.39 is 17.9 Å². The minimum atomic E-state index is -0.709. The lowest BCUT2D eigenvalue weighted by molar-refractivity contribution is -0.188. The third kappa shape index (κ3) is 6.88. The van der Waals surface area contributed by atoms with Crippen LogP contribution in [0, 0.1) is 0 Å². The summed E-state index contributed by atoms with van der Waals surface area (Å²) in [6, 6.07) is 15.4. The lowest BCUT2D eigenvalue weighted by atomic mass is 9.80. The largest absolute Gasteiger partial charge is 0.450 e. The Labute approximate surface area is 233 Å². The lowest BCUT2D eigenvalue weighted by Gasteiger charge is -2.47. The lowest BCUT2D eigenvalue weighted by Crippen LogP contribution is -2.60. The number of nitrogens with one attached hydrogen (secondary N) is 1. The van der Waals surface area contributed by atoms with Crippen molar-refractivity contribution in [1.29, 1.82) is 0 Å². The molecular weight excluding hydrogens is 541 g/mol. The van der Waals surface area contributed by atoms with E-state index in [0.717, 1.165) is 11.1 Å². The first-order chi connectivity index (χ1) is 16.9. The Kier molecular flexibility index (Phi) is 11.5. The SMILES string of the molecule is CCOC(=O)NC1(c2ccccc2)CCN(C2OC(c3ccc(Cl)c(Cl)c3)CN(CC)C2=O)CC1.Cl.O. The molecule has 2 aromatic carbocycles. The van der Waals surface area contributed by atoms with Gasteiger partial charge in [-0.3, -0.25) is 9.69 Å². The molecule has 0 bridgehead atoms. The van der Waals surface area contributed by atoms with E-state index >= 15 is 0 Å². The number of likely N-dealkylation sites (N-methyl/N-ethyl adjacent to an activating group) is 1. The fourth-order valence-electron chi connectivity index (χ4n) is 4.87. The van der Waals surface area contributed by atoms with Crippen LogP contribution in [0.3, 0.4) is 0 Å². The molecule has 2 saturated heterocycles. The van der Waals surface area contributed by atoms with Crippen LogP contribution in [0.1, 0.15) is 43.9 Å². The highest BCUT2D eigenvalue weighted by atomic mass is 35.5. The number of rotatable bonds is 6. The summed E-state index contributed by atoms with van der Waals surface area (Å²) in [6.07, 6.45) is -0.226. The van der Waals surface area contributed by atoms with Gasteiger partial charge in [-0.1, -0.05) is 59.6 Å². The van der Waals surface area contributed by atoms with Crippen molar-refractivity contribution < 1.29 is 24.5 Å². The normalized spacial score (nSPS) is 21.4. The molecule has 0 aliphatic carbocycles. The number of alkyl carbamates (subject to hydrolysis) is 1. The van der Waals surface area contributed by atoms with Crippen LogP contribution in [-0.2, 0) is 19.8 Å². The molecule has 37 heavy (non-hydrogen) atoms. The number of ether oxygens (including phenoxy) is 2. The molecule has 2 aliphatic rings. The van der Waals surface area contributed by atoms with Crippen LogP contribution < -0.4 is 5.32 Å². The number of piperidine rings is 1. The highest BCUT2D eigenvalue weighted by Crippen LogP contribution is 2.37. The molecule has 2 aromatic rings. The van der Waals surface area contributed by atoms with Gasteiger partial charge < -0.3 is 25.2 Å². The summed E-state index contributed by atoms with van der Waals surface area (Å²) in [5, 5.41) is 4.04. The van der Waals surface area contributed by atoms with E-state index in [1.807, 2.05) is 48.2 Å². The van der Waals surface area contributed by atoms with Gasteiger partial charge in [0.2, 0.25) is 0 Å². The summed E-state index contributed by atoms with van der Waals surface area (Å²) in [5.74, 6) is -0.0469. The van der Waals surface area contributed by atoms with Crippen molar-refractivity contribution >= 4 is 47.6 Å². The van der Waals surface area contributed by atoms with E-state index in [1.54, 1.807) is 19.1 Å². The van der Waals surface area contributed by atoms with Crippen molar-refractivity contribution in [3.8, 4) is 0 Å². The Bertz CT molecular complexity index is 1050. The maximum Gasteiger partial charge on any atom is 0.407 e. The van der Waals surface area contributed by atoms with Gasteiger partial charge >= 0.3 is 6.09 Å². The summed E-state index contributed by atoms with van der Waals surface area (Å²) in [7, 11) is 0. The second kappa shape index (κ2) is 13.6. The third-order valence-corrected chi connectivity index (χ3v) is 7.56. The number of nitrogens with zero attached hydrogens (tertiary/aromatic N) is 2. The van der Waals surface area contributed by atoms with Crippen LogP contribution in [-0.4, -0.2) is 66.3 Å². The van der Waals surface area contributed by atoms with E-state index in [9.17, 15) is 9.59 Å². The molecule has 0 saturated carbocycles. The predicted molar refractivity (Wildman–Crippen MR) is 146 cm³/mol. The van der Waals surface area contributed by atoms with Crippen LogP contribution in [0.4, 0.5) is 4.79 Å². The number of hydrogen-bond acceptors (Lipinski definition) is 5. The zero-order valence-corrected chi connectivity index (χ0v) is 23.2. The highest BCUT2D eigenvalue weighted by Gasteiger charge is 2.44. The van der Waals surface area contributed by atoms with Crippen molar-refractivity contribution in [1.82, 2.24) is 15.1 Å². The van der Waals surface area contributed by atoms with Crippen molar-refractivity contribution in [2.75, 3.05) is 32.8 Å². The summed E-state index contributed by atoms with van der Waals surface area (Å²) >= 11 is 12.3. The standard InChI is InChI=1S/C26H31Cl2N3O4.ClH.H2O/c1-3-30-17-22(18-10-11-20(27)21(28)16-18)35-24(23(30)32)31-14-12-26(13-15-31,29-25(33)34-4-2)19-8-6-5-7-9-19;;/h5-11,16,22,24H,3-4,12-15,17H2,1-2H3,(H,29,33);1H;1H2. The fourth-order valence-corrected chi connectivity index (χ4v) is 5.18. The molecule has 2 fully saturated rings. The first-order valence-electron chi connectivity index (χ1n) is 12.0. The van der Waals surface area contributed by atoms with Gasteiger partial charge in [0.25, 0.3) is 5.91 Å². The Morgan fingerprint density at radius 1 is 1.11 bits per heavy atom. The summed E-state index contributed by atoms with van der Waals surface area (Å²) < 4.78 is 11.6. The monoisotopic (exact) mass is 573 g/mol. The maximum atomic E-state index is 13.3. The van der Waals surface area contributed by atoms with E-state index in [0.29, 0.717) is 55.7 Å². The van der Waals surface area contributed by atoms with Gasteiger partial charge in [-0.25, -0.2) is 4.79 Å². The molecule has 2 aliphatic heterocycles. The van der Waals surface area contributed by atoms with Crippen molar-refractivity contribution in [3.63, 3.8) is 0 Å². The predicted octanol–water partition coefficient (Wildman–Crippen LogP) is 4.57. The molecule has 2 amide bonds. The number of halogens is 3. The van der Waals surface area contributed by atoms with E-state index in [1.165, 1.54) is 0 Å². The number of amides is 2. The van der Waals surface area contributed by atoms with E-state index in [4.69, 9.17) is 32.7 Å². The third-order valence-electron chi connectivity index (χ3n) is 6.83. The van der Waals surface area contributed by atoms with Crippen molar-refractivity contribution in [2.24, 2.45) is 0 Å². The molecule has 3 N–H and O–H groups in total. The average molecular weight is 575 g/mol. The summed E-state index contributed by atoms with van der Waals surface area (Å²) in [5.41, 5.74) is 1.33. The molecule has 8 nitrogen and oxygen atoms in total. The van der Waals surface area contributed by atoms with Crippen LogP contribution in [0.2, 0.25) is 10.0 Å². The first-order valence-corrected chi connectivity index (χ1v) is 12.8. The molecular formula is C26H34Cl3N3O5. The summed E-state index contributed by atoms with van der Waals surface area (Å²) in [4.78, 5) is 29.6. The molecule has 204 valence electrons. The number of morpholine rings is 1. The Hall–Kier alpha value is -2.07. The van der Waals surface area contributed by atoms with Gasteiger partial charge in [0.1, 0.15) is 6.10 Å². The van der Waals surface area contributed by atoms with Gasteiger partial charge in [0.05, 0.1) is 28.7 Å². The first kappa shape index (κ1) is 31.1. The highest BCUT2D eigenvalue weighted by molar-refractivity contribution is 6.42. The van der Waals surface area contributed by atoms with E-state index in [2.05, 4.69) is 10.2 Å². The van der Waals surface area contributed by atoms with Gasteiger partial charge in [-0.05, 0) is 49.9 Å². The minimum Gasteiger partial charge on any atom is -0.450 e. The Balaban J connectivity index is 0.00000241. The molecule has 2 heterocycles. The maximum absolute atomic E-state index is 13.3. The molecule has 4 rings (SSSR count). The Morgan fingerprint density at radius 2 is 1.78 bits per heavy atom. The molecule has 2 atom stereocenters. The molecule has 0 spiro atoms. The van der Waals surface area contributed by atoms with Crippen LogP contribution in [0.15, 0.2) is 48.5 Å². The van der Waals surface area contributed by atoms with Gasteiger partial charge in [0, 0.05) is 19.6 Å². The second-order valence-corrected chi connectivity index (χ2v) is 9.67. The topological polar surface area (TPSA) is 103 Å². The van der Waals surface area contributed by atoms with Crippen LogP contribution >= 0.6 is 35.6 Å². The number of likely N-dealkylation sites (tertiary alicyclic amines) is 1. The average Bonchev–Trinajstić information content (AvgIpc) is 2.87.